The normalized spacial score (nSPS) is 17.8. The van der Waals surface area contributed by atoms with Crippen LogP contribution >= 0.6 is 15.9 Å². The fourth-order valence-electron chi connectivity index (χ4n) is 2.48. The van der Waals surface area contributed by atoms with Crippen molar-refractivity contribution in [2.24, 2.45) is 5.92 Å². The highest BCUT2D eigenvalue weighted by Gasteiger charge is 2.13. The molecular formula is C14H19BrFN. The molecule has 1 nitrogen and oxygen atoms in total. The lowest BCUT2D eigenvalue weighted by Crippen LogP contribution is -2.14. The average Bonchev–Trinajstić information content (AvgIpc) is 2.57. The molecule has 1 aliphatic carbocycles. The smallest absolute Gasteiger partial charge is 0.147 e. The van der Waals surface area contributed by atoms with Gasteiger partial charge in [-0.25, -0.2) is 4.39 Å². The molecule has 3 heteroatoms. The van der Waals surface area contributed by atoms with Crippen LogP contribution in [-0.2, 0) is 0 Å². The Bertz CT molecular complexity index is 339. The standard InChI is InChI=1S/C14H19BrFN/c15-12-8-5-9-13(16)14(12)17-10-11-6-3-1-2-4-7-11/h5,8-9,11,17H,1-4,6-7,10H2. The molecule has 1 aliphatic rings. The Morgan fingerprint density at radius 2 is 1.88 bits per heavy atom. The van der Waals surface area contributed by atoms with Gasteiger partial charge < -0.3 is 5.32 Å². The van der Waals surface area contributed by atoms with E-state index < -0.39 is 0 Å². The van der Waals surface area contributed by atoms with E-state index in [1.807, 2.05) is 6.07 Å². The van der Waals surface area contributed by atoms with E-state index in [0.717, 1.165) is 11.0 Å². The lowest BCUT2D eigenvalue weighted by molar-refractivity contribution is 0.482. The Hall–Kier alpha value is -0.570. The van der Waals surface area contributed by atoms with Crippen molar-refractivity contribution in [2.75, 3.05) is 11.9 Å². The SMILES string of the molecule is Fc1cccc(Br)c1NCC1CCCCCC1. The van der Waals surface area contributed by atoms with Gasteiger partial charge in [0.2, 0.25) is 0 Å². The second kappa shape index (κ2) is 6.39. The van der Waals surface area contributed by atoms with Crippen LogP contribution in [0.3, 0.4) is 0 Å². The second-order valence-corrected chi connectivity index (χ2v) is 5.69. The molecule has 1 saturated carbocycles. The quantitative estimate of drug-likeness (QED) is 0.777. The van der Waals surface area contributed by atoms with E-state index in [1.54, 1.807) is 6.07 Å². The van der Waals surface area contributed by atoms with Gasteiger partial charge in [-0.3, -0.25) is 0 Å². The van der Waals surface area contributed by atoms with Crippen molar-refractivity contribution in [3.8, 4) is 0 Å². The van der Waals surface area contributed by atoms with Crippen LogP contribution in [0.4, 0.5) is 10.1 Å². The minimum atomic E-state index is -0.173. The van der Waals surface area contributed by atoms with Gasteiger partial charge in [0.15, 0.2) is 0 Å². The fourth-order valence-corrected chi connectivity index (χ4v) is 2.96. The molecule has 0 aromatic heterocycles. The molecule has 0 spiro atoms. The van der Waals surface area contributed by atoms with E-state index in [9.17, 15) is 4.39 Å². The molecule has 0 heterocycles. The van der Waals surface area contributed by atoms with Crippen molar-refractivity contribution in [1.82, 2.24) is 0 Å². The van der Waals surface area contributed by atoms with Crippen molar-refractivity contribution in [1.29, 1.82) is 0 Å². The molecule has 1 aromatic carbocycles. The summed E-state index contributed by atoms with van der Waals surface area (Å²) >= 11 is 3.39. The van der Waals surface area contributed by atoms with Crippen LogP contribution in [-0.4, -0.2) is 6.54 Å². The first-order valence-electron chi connectivity index (χ1n) is 6.45. The molecule has 0 saturated heterocycles. The van der Waals surface area contributed by atoms with Gasteiger partial charge in [0.25, 0.3) is 0 Å². The summed E-state index contributed by atoms with van der Waals surface area (Å²) in [4.78, 5) is 0. The third-order valence-corrected chi connectivity index (χ3v) is 4.17. The van der Waals surface area contributed by atoms with Gasteiger partial charge in [-0.1, -0.05) is 31.7 Å². The Labute approximate surface area is 111 Å². The number of nitrogens with one attached hydrogen (secondary N) is 1. The summed E-state index contributed by atoms with van der Waals surface area (Å²) < 4.78 is 14.4. The number of hydrogen-bond acceptors (Lipinski definition) is 1. The zero-order valence-corrected chi connectivity index (χ0v) is 11.6. The van der Waals surface area contributed by atoms with Crippen LogP contribution < -0.4 is 5.32 Å². The van der Waals surface area contributed by atoms with Gasteiger partial charge in [0.05, 0.1) is 5.69 Å². The summed E-state index contributed by atoms with van der Waals surface area (Å²) in [7, 11) is 0. The van der Waals surface area contributed by atoms with Crippen molar-refractivity contribution in [3.05, 3.63) is 28.5 Å². The third-order valence-electron chi connectivity index (χ3n) is 3.51. The molecule has 0 amide bonds. The number of benzene rings is 1. The Kier molecular flexibility index (Phi) is 4.84. The summed E-state index contributed by atoms with van der Waals surface area (Å²) in [6.07, 6.45) is 7.92. The average molecular weight is 300 g/mol. The molecule has 0 radical (unpaired) electrons. The summed E-state index contributed by atoms with van der Waals surface area (Å²) in [5, 5.41) is 3.26. The first-order chi connectivity index (χ1) is 8.27. The minimum absolute atomic E-state index is 0.173. The van der Waals surface area contributed by atoms with E-state index in [1.165, 1.54) is 44.6 Å². The molecule has 1 aromatic rings. The van der Waals surface area contributed by atoms with Crippen LogP contribution in [0, 0.1) is 11.7 Å². The highest BCUT2D eigenvalue weighted by Crippen LogP contribution is 2.27. The van der Waals surface area contributed by atoms with E-state index >= 15 is 0 Å². The predicted molar refractivity (Wildman–Crippen MR) is 73.8 cm³/mol. The monoisotopic (exact) mass is 299 g/mol. The highest BCUT2D eigenvalue weighted by atomic mass is 79.9. The topological polar surface area (TPSA) is 12.0 Å². The van der Waals surface area contributed by atoms with Gasteiger partial charge >= 0.3 is 0 Å². The molecular weight excluding hydrogens is 281 g/mol. The minimum Gasteiger partial charge on any atom is -0.381 e. The first-order valence-corrected chi connectivity index (χ1v) is 7.24. The van der Waals surface area contributed by atoms with Gasteiger partial charge in [-0.05, 0) is 46.8 Å². The Morgan fingerprint density at radius 3 is 2.53 bits per heavy atom. The van der Waals surface area contributed by atoms with Crippen LogP contribution in [0.1, 0.15) is 38.5 Å². The van der Waals surface area contributed by atoms with Gasteiger partial charge in [0, 0.05) is 11.0 Å². The molecule has 2 rings (SSSR count). The zero-order valence-electron chi connectivity index (χ0n) is 10.0. The molecule has 0 atom stereocenters. The van der Waals surface area contributed by atoms with Crippen molar-refractivity contribution in [2.45, 2.75) is 38.5 Å². The van der Waals surface area contributed by atoms with E-state index in [-0.39, 0.29) is 5.82 Å². The number of anilines is 1. The molecule has 1 fully saturated rings. The number of halogens is 2. The van der Waals surface area contributed by atoms with Crippen LogP contribution in [0.25, 0.3) is 0 Å². The molecule has 94 valence electrons. The van der Waals surface area contributed by atoms with E-state index in [4.69, 9.17) is 0 Å². The molecule has 0 bridgehead atoms. The maximum Gasteiger partial charge on any atom is 0.147 e. The Balaban J connectivity index is 1.92. The second-order valence-electron chi connectivity index (χ2n) is 4.84. The van der Waals surface area contributed by atoms with Crippen molar-refractivity contribution < 1.29 is 4.39 Å². The zero-order chi connectivity index (χ0) is 12.1. The van der Waals surface area contributed by atoms with Crippen molar-refractivity contribution >= 4 is 21.6 Å². The predicted octanol–water partition coefficient (Wildman–Crippen LogP) is 4.97. The van der Waals surface area contributed by atoms with E-state index in [0.29, 0.717) is 11.6 Å². The van der Waals surface area contributed by atoms with Gasteiger partial charge in [0.1, 0.15) is 5.82 Å². The largest absolute Gasteiger partial charge is 0.381 e. The lowest BCUT2D eigenvalue weighted by Gasteiger charge is -2.16. The maximum atomic E-state index is 13.6. The molecule has 1 N–H and O–H groups in total. The summed E-state index contributed by atoms with van der Waals surface area (Å²) in [6, 6.07) is 5.09. The third kappa shape index (κ3) is 3.70. The summed E-state index contributed by atoms with van der Waals surface area (Å²) in [5.74, 6) is 0.525. The van der Waals surface area contributed by atoms with E-state index in [2.05, 4.69) is 21.2 Å². The van der Waals surface area contributed by atoms with Crippen LogP contribution in [0.15, 0.2) is 22.7 Å². The number of para-hydroxylation sites is 1. The fraction of sp³-hybridized carbons (Fsp3) is 0.571. The molecule has 0 aliphatic heterocycles. The maximum absolute atomic E-state index is 13.6. The van der Waals surface area contributed by atoms with Crippen LogP contribution in [0.5, 0.6) is 0 Å². The summed E-state index contributed by atoms with van der Waals surface area (Å²) in [6.45, 7) is 0.888. The molecule has 17 heavy (non-hydrogen) atoms. The van der Waals surface area contributed by atoms with Crippen molar-refractivity contribution in [3.63, 3.8) is 0 Å². The highest BCUT2D eigenvalue weighted by molar-refractivity contribution is 9.10. The molecule has 0 unspecified atom stereocenters. The number of rotatable bonds is 3. The van der Waals surface area contributed by atoms with Gasteiger partial charge in [-0.2, -0.15) is 0 Å². The Morgan fingerprint density at radius 1 is 1.18 bits per heavy atom. The van der Waals surface area contributed by atoms with Crippen LogP contribution in [0.2, 0.25) is 0 Å². The lowest BCUT2D eigenvalue weighted by atomic mass is 10.0. The first kappa shape index (κ1) is 12.9. The van der Waals surface area contributed by atoms with Gasteiger partial charge in [-0.15, -0.1) is 0 Å². The number of hydrogen-bond donors (Lipinski definition) is 1. The summed E-state index contributed by atoms with van der Waals surface area (Å²) in [5.41, 5.74) is 0.608.